The monoisotopic (exact) mass is 233 g/mol. The summed E-state index contributed by atoms with van der Waals surface area (Å²) in [5.41, 5.74) is 2.81. The van der Waals surface area contributed by atoms with Crippen LogP contribution in [0.15, 0.2) is 11.1 Å². The van der Waals surface area contributed by atoms with Gasteiger partial charge in [-0.05, 0) is 13.5 Å². The predicted molar refractivity (Wildman–Crippen MR) is 67.6 cm³/mol. The van der Waals surface area contributed by atoms with Crippen LogP contribution in [0.4, 0.5) is 0 Å². The van der Waals surface area contributed by atoms with E-state index in [0.717, 1.165) is 31.0 Å². The van der Waals surface area contributed by atoms with E-state index in [1.165, 1.54) is 11.1 Å². The van der Waals surface area contributed by atoms with Crippen LogP contribution in [-0.2, 0) is 4.74 Å². The van der Waals surface area contributed by atoms with Gasteiger partial charge in [-0.3, -0.25) is 4.90 Å². The smallest absolute Gasteiger partial charge is 0.0735 e. The van der Waals surface area contributed by atoms with E-state index >= 15 is 0 Å². The van der Waals surface area contributed by atoms with Crippen molar-refractivity contribution in [2.75, 3.05) is 38.8 Å². The van der Waals surface area contributed by atoms with Gasteiger partial charge in [0, 0.05) is 31.7 Å². The summed E-state index contributed by atoms with van der Waals surface area (Å²) >= 11 is 8.66. The van der Waals surface area contributed by atoms with Crippen molar-refractivity contribution in [2.45, 2.75) is 12.5 Å². The molecule has 1 saturated heterocycles. The number of methoxy groups -OCH3 is 1. The molecule has 1 rings (SSSR count). The molecular weight excluding hydrogens is 214 g/mol. The molecule has 0 aliphatic carbocycles. The van der Waals surface area contributed by atoms with E-state index in [1.54, 1.807) is 7.11 Å². The lowest BCUT2D eigenvalue weighted by molar-refractivity contribution is 0.0583. The van der Waals surface area contributed by atoms with Gasteiger partial charge in [0.1, 0.15) is 0 Å². The van der Waals surface area contributed by atoms with Crippen molar-refractivity contribution in [1.29, 1.82) is 0 Å². The highest BCUT2D eigenvalue weighted by atomic mass is 32.1. The lowest BCUT2D eigenvalue weighted by Gasteiger charge is -2.32. The topological polar surface area (TPSA) is 12.5 Å². The maximum Gasteiger partial charge on any atom is 0.0735 e. The van der Waals surface area contributed by atoms with Gasteiger partial charge in [-0.25, -0.2) is 0 Å². The Labute approximate surface area is 97.5 Å². The van der Waals surface area contributed by atoms with E-state index in [2.05, 4.69) is 37.2 Å². The first-order valence-electron chi connectivity index (χ1n) is 4.84. The number of likely N-dealkylation sites (N-methyl/N-ethyl adjacent to an activating group) is 1. The summed E-state index contributed by atoms with van der Waals surface area (Å²) in [7, 11) is 3.91. The van der Waals surface area contributed by atoms with Crippen LogP contribution >= 0.6 is 25.3 Å². The van der Waals surface area contributed by atoms with Gasteiger partial charge in [-0.1, -0.05) is 11.1 Å². The Balaban J connectivity index is 2.73. The van der Waals surface area contributed by atoms with Gasteiger partial charge in [0.2, 0.25) is 0 Å². The molecule has 0 aromatic carbocycles. The largest absolute Gasteiger partial charge is 0.380 e. The quantitative estimate of drug-likeness (QED) is 0.566. The minimum absolute atomic E-state index is 0.332. The van der Waals surface area contributed by atoms with Gasteiger partial charge < -0.3 is 4.74 Å². The number of rotatable bonds is 3. The zero-order valence-electron chi connectivity index (χ0n) is 8.86. The van der Waals surface area contributed by atoms with Crippen molar-refractivity contribution in [3.8, 4) is 0 Å². The number of piperidine rings is 1. The Morgan fingerprint density at radius 3 is 2.64 bits per heavy atom. The number of hydrogen-bond acceptors (Lipinski definition) is 4. The van der Waals surface area contributed by atoms with Gasteiger partial charge in [0.25, 0.3) is 0 Å². The Morgan fingerprint density at radius 2 is 2.14 bits per heavy atom. The second kappa shape index (κ2) is 6.05. The van der Waals surface area contributed by atoms with Crippen LogP contribution in [0.25, 0.3) is 0 Å². The molecule has 0 saturated carbocycles. The van der Waals surface area contributed by atoms with Crippen LogP contribution < -0.4 is 0 Å². The number of ether oxygens (including phenoxy) is 1. The molecule has 0 radical (unpaired) electrons. The molecule has 0 N–H and O–H groups in total. The first-order valence-corrected chi connectivity index (χ1v) is 6.10. The SMILES string of the molecule is COC1CC(=C(CS)CS)CN(C)C1. The highest BCUT2D eigenvalue weighted by molar-refractivity contribution is 7.81. The average Bonchev–Trinajstić information content (AvgIpc) is 2.19. The molecule has 14 heavy (non-hydrogen) atoms. The van der Waals surface area contributed by atoms with Crippen molar-refractivity contribution < 1.29 is 4.74 Å². The van der Waals surface area contributed by atoms with E-state index in [0.29, 0.717) is 6.10 Å². The van der Waals surface area contributed by atoms with Gasteiger partial charge in [-0.15, -0.1) is 0 Å². The maximum absolute atomic E-state index is 5.41. The molecule has 4 heteroatoms. The fourth-order valence-electron chi connectivity index (χ4n) is 1.83. The molecular formula is C10H19NOS2. The van der Waals surface area contributed by atoms with Crippen LogP contribution in [0, 0.1) is 0 Å². The molecule has 0 amide bonds. The van der Waals surface area contributed by atoms with Crippen LogP contribution in [0.5, 0.6) is 0 Å². The Hall–Kier alpha value is 0.360. The highest BCUT2D eigenvalue weighted by Gasteiger charge is 2.21. The molecule has 0 aromatic rings. The standard InChI is InChI=1S/C10H19NOS2/c1-11-4-8(9(6-13)7-14)3-10(5-11)12-2/h10,13-14H,3-7H2,1-2H3. The van der Waals surface area contributed by atoms with Crippen molar-refractivity contribution in [1.82, 2.24) is 4.90 Å². The molecule has 2 nitrogen and oxygen atoms in total. The fourth-order valence-corrected chi connectivity index (χ4v) is 2.68. The Bertz CT molecular complexity index is 212. The summed E-state index contributed by atoms with van der Waals surface area (Å²) in [6.07, 6.45) is 1.37. The van der Waals surface area contributed by atoms with Crippen molar-refractivity contribution >= 4 is 25.3 Å². The van der Waals surface area contributed by atoms with E-state index in [1.807, 2.05) is 0 Å². The van der Waals surface area contributed by atoms with Gasteiger partial charge >= 0.3 is 0 Å². The van der Waals surface area contributed by atoms with Crippen LogP contribution in [-0.4, -0.2) is 49.8 Å². The molecule has 1 heterocycles. The number of likely N-dealkylation sites (tertiary alicyclic amines) is 1. The normalized spacial score (nSPS) is 24.0. The lowest BCUT2D eigenvalue weighted by atomic mass is 9.98. The van der Waals surface area contributed by atoms with E-state index in [4.69, 9.17) is 4.74 Å². The summed E-state index contributed by atoms with van der Waals surface area (Å²) in [5.74, 6) is 1.62. The van der Waals surface area contributed by atoms with Gasteiger partial charge in [0.05, 0.1) is 6.10 Å². The minimum atomic E-state index is 0.332. The van der Waals surface area contributed by atoms with E-state index in [9.17, 15) is 0 Å². The van der Waals surface area contributed by atoms with E-state index in [-0.39, 0.29) is 0 Å². The average molecular weight is 233 g/mol. The third-order valence-corrected chi connectivity index (χ3v) is 3.43. The third kappa shape index (κ3) is 3.19. The van der Waals surface area contributed by atoms with Crippen molar-refractivity contribution in [3.05, 3.63) is 11.1 Å². The Kier molecular flexibility index (Phi) is 5.38. The molecule has 1 aliphatic heterocycles. The van der Waals surface area contributed by atoms with Crippen LogP contribution in [0.3, 0.4) is 0 Å². The second-order valence-corrected chi connectivity index (χ2v) is 4.41. The number of nitrogens with zero attached hydrogens (tertiary/aromatic N) is 1. The highest BCUT2D eigenvalue weighted by Crippen LogP contribution is 2.21. The third-order valence-electron chi connectivity index (χ3n) is 2.67. The van der Waals surface area contributed by atoms with Crippen molar-refractivity contribution in [3.63, 3.8) is 0 Å². The summed E-state index contributed by atoms with van der Waals surface area (Å²) in [4.78, 5) is 2.29. The summed E-state index contributed by atoms with van der Waals surface area (Å²) in [6.45, 7) is 2.06. The fraction of sp³-hybridized carbons (Fsp3) is 0.800. The first-order chi connectivity index (χ1) is 6.71. The zero-order chi connectivity index (χ0) is 10.6. The Morgan fingerprint density at radius 1 is 1.50 bits per heavy atom. The molecule has 1 fully saturated rings. The van der Waals surface area contributed by atoms with E-state index < -0.39 is 0 Å². The number of hydrogen-bond donors (Lipinski definition) is 2. The van der Waals surface area contributed by atoms with Crippen LogP contribution in [0.1, 0.15) is 6.42 Å². The second-order valence-electron chi connectivity index (χ2n) is 3.78. The van der Waals surface area contributed by atoms with Gasteiger partial charge in [-0.2, -0.15) is 25.3 Å². The molecule has 82 valence electrons. The molecule has 1 atom stereocenters. The zero-order valence-corrected chi connectivity index (χ0v) is 10.7. The number of thiol groups is 2. The summed E-state index contributed by atoms with van der Waals surface area (Å²) in [5, 5.41) is 0. The molecule has 1 aliphatic rings. The van der Waals surface area contributed by atoms with Crippen molar-refractivity contribution in [2.24, 2.45) is 0 Å². The molecule has 0 aromatic heterocycles. The minimum Gasteiger partial charge on any atom is -0.380 e. The summed E-state index contributed by atoms with van der Waals surface area (Å²) in [6, 6.07) is 0. The lowest BCUT2D eigenvalue weighted by Crippen LogP contribution is -2.38. The molecule has 0 bridgehead atoms. The van der Waals surface area contributed by atoms with Gasteiger partial charge in [0.15, 0.2) is 0 Å². The molecule has 0 spiro atoms. The first kappa shape index (κ1) is 12.4. The van der Waals surface area contributed by atoms with Crippen LogP contribution in [0.2, 0.25) is 0 Å². The predicted octanol–water partition coefficient (Wildman–Crippen LogP) is 1.49. The maximum atomic E-state index is 5.41. The summed E-state index contributed by atoms with van der Waals surface area (Å²) < 4.78 is 5.41. The molecule has 1 unspecified atom stereocenters.